The Morgan fingerprint density at radius 1 is 1.12 bits per heavy atom. The first-order chi connectivity index (χ1) is 12.1. The molecule has 0 aliphatic heterocycles. The summed E-state index contributed by atoms with van der Waals surface area (Å²) in [6.45, 7) is 1.97. The van der Waals surface area contributed by atoms with E-state index >= 15 is 0 Å². The third-order valence-corrected chi connectivity index (χ3v) is 3.53. The van der Waals surface area contributed by atoms with Crippen LogP contribution in [0.5, 0.6) is 11.5 Å². The number of anilines is 2. The molecule has 128 valence electrons. The highest BCUT2D eigenvalue weighted by molar-refractivity contribution is 5.93. The van der Waals surface area contributed by atoms with Crippen molar-refractivity contribution < 1.29 is 14.1 Å². The van der Waals surface area contributed by atoms with Crippen molar-refractivity contribution in [1.29, 1.82) is 0 Å². The number of rotatable bonds is 6. The molecule has 6 nitrogen and oxygen atoms in total. The van der Waals surface area contributed by atoms with Gasteiger partial charge in [0.15, 0.2) is 5.82 Å². The Kier molecular flexibility index (Phi) is 4.99. The van der Waals surface area contributed by atoms with E-state index in [1.165, 1.54) is 0 Å². The summed E-state index contributed by atoms with van der Waals surface area (Å²) < 4.78 is 10.7. The van der Waals surface area contributed by atoms with Gasteiger partial charge in [0.2, 0.25) is 5.91 Å². The Bertz CT molecular complexity index is 829. The van der Waals surface area contributed by atoms with Crippen LogP contribution in [0.3, 0.4) is 0 Å². The molecule has 0 unspecified atom stereocenters. The normalized spacial score (nSPS) is 10.3. The molecule has 2 aromatic carbocycles. The molecule has 3 aromatic rings. The molecule has 6 heteroatoms. The van der Waals surface area contributed by atoms with Gasteiger partial charge in [0.25, 0.3) is 0 Å². The van der Waals surface area contributed by atoms with Gasteiger partial charge >= 0.3 is 0 Å². The second-order valence-electron chi connectivity index (χ2n) is 5.64. The van der Waals surface area contributed by atoms with Crippen LogP contribution in [-0.2, 0) is 4.79 Å². The maximum Gasteiger partial charge on any atom is 0.245 e. The van der Waals surface area contributed by atoms with Gasteiger partial charge in [-0.2, -0.15) is 0 Å². The summed E-state index contributed by atoms with van der Waals surface area (Å²) in [7, 11) is 1.85. The van der Waals surface area contributed by atoms with Gasteiger partial charge in [0, 0.05) is 18.8 Å². The SMILES string of the molecule is Cc1cc(NC(=O)CN(C)c2ccc(Oc3ccccc3)cc2)no1. The predicted molar refractivity (Wildman–Crippen MR) is 96.1 cm³/mol. The lowest BCUT2D eigenvalue weighted by Gasteiger charge is -2.18. The van der Waals surface area contributed by atoms with Crippen molar-refractivity contribution in [2.24, 2.45) is 0 Å². The zero-order valence-corrected chi connectivity index (χ0v) is 14.1. The maximum absolute atomic E-state index is 12.1. The first kappa shape index (κ1) is 16.6. The highest BCUT2D eigenvalue weighted by Gasteiger charge is 2.10. The number of nitrogens with one attached hydrogen (secondary N) is 1. The maximum atomic E-state index is 12.1. The predicted octanol–water partition coefficient (Wildman–Crippen LogP) is 3.85. The van der Waals surface area contributed by atoms with E-state index in [2.05, 4.69) is 10.5 Å². The fourth-order valence-electron chi connectivity index (χ4n) is 2.31. The van der Waals surface area contributed by atoms with Gasteiger partial charge in [0.05, 0.1) is 6.54 Å². The average molecular weight is 337 g/mol. The lowest BCUT2D eigenvalue weighted by atomic mass is 10.2. The van der Waals surface area contributed by atoms with E-state index in [0.29, 0.717) is 11.6 Å². The first-order valence-corrected chi connectivity index (χ1v) is 7.87. The number of aryl methyl sites for hydroxylation is 1. The molecule has 25 heavy (non-hydrogen) atoms. The van der Waals surface area contributed by atoms with Crippen LogP contribution in [-0.4, -0.2) is 24.7 Å². The fourth-order valence-corrected chi connectivity index (χ4v) is 2.31. The number of para-hydroxylation sites is 1. The number of hydrogen-bond donors (Lipinski definition) is 1. The third-order valence-electron chi connectivity index (χ3n) is 3.53. The van der Waals surface area contributed by atoms with E-state index in [-0.39, 0.29) is 12.5 Å². The van der Waals surface area contributed by atoms with Crippen LogP contribution in [0.25, 0.3) is 0 Å². The van der Waals surface area contributed by atoms with Gasteiger partial charge in [0.1, 0.15) is 17.3 Å². The number of likely N-dealkylation sites (N-methyl/N-ethyl adjacent to an activating group) is 1. The summed E-state index contributed by atoms with van der Waals surface area (Å²) in [6.07, 6.45) is 0. The van der Waals surface area contributed by atoms with Crippen LogP contribution >= 0.6 is 0 Å². The second kappa shape index (κ2) is 7.53. The minimum Gasteiger partial charge on any atom is -0.457 e. The number of amides is 1. The van der Waals surface area contributed by atoms with Crippen molar-refractivity contribution in [2.75, 3.05) is 23.8 Å². The lowest BCUT2D eigenvalue weighted by Crippen LogP contribution is -2.30. The smallest absolute Gasteiger partial charge is 0.245 e. The fraction of sp³-hybridized carbons (Fsp3) is 0.158. The quantitative estimate of drug-likeness (QED) is 0.740. The molecule has 0 bridgehead atoms. The van der Waals surface area contributed by atoms with Crippen molar-refractivity contribution in [3.05, 3.63) is 66.4 Å². The molecule has 0 saturated carbocycles. The number of benzene rings is 2. The summed E-state index contributed by atoms with van der Waals surface area (Å²) in [5.74, 6) is 2.43. The largest absolute Gasteiger partial charge is 0.457 e. The van der Waals surface area contributed by atoms with Gasteiger partial charge < -0.3 is 19.5 Å². The van der Waals surface area contributed by atoms with E-state index < -0.39 is 0 Å². The molecule has 0 aliphatic rings. The molecule has 0 spiro atoms. The summed E-state index contributed by atoms with van der Waals surface area (Å²) in [5.41, 5.74) is 0.909. The molecular weight excluding hydrogens is 318 g/mol. The molecule has 0 aliphatic carbocycles. The highest BCUT2D eigenvalue weighted by Crippen LogP contribution is 2.23. The molecular formula is C19H19N3O3. The Morgan fingerprint density at radius 3 is 2.44 bits per heavy atom. The Hall–Kier alpha value is -3.28. The van der Waals surface area contributed by atoms with E-state index in [1.54, 1.807) is 13.0 Å². The highest BCUT2D eigenvalue weighted by atomic mass is 16.5. The second-order valence-corrected chi connectivity index (χ2v) is 5.64. The van der Waals surface area contributed by atoms with Crippen LogP contribution in [0.2, 0.25) is 0 Å². The standard InChI is InChI=1S/C19H19N3O3/c1-14-12-18(21-25-14)20-19(23)13-22(2)15-8-10-17(11-9-15)24-16-6-4-3-5-7-16/h3-12H,13H2,1-2H3,(H,20,21,23). The molecule has 1 amide bonds. The number of ether oxygens (including phenoxy) is 1. The summed E-state index contributed by atoms with van der Waals surface area (Å²) >= 11 is 0. The minimum absolute atomic E-state index is 0.166. The van der Waals surface area contributed by atoms with Crippen LogP contribution in [0.1, 0.15) is 5.76 Å². The zero-order chi connectivity index (χ0) is 17.6. The van der Waals surface area contributed by atoms with Crippen molar-refractivity contribution in [3.8, 4) is 11.5 Å². The minimum atomic E-state index is -0.166. The van der Waals surface area contributed by atoms with Crippen molar-refractivity contribution in [3.63, 3.8) is 0 Å². The number of nitrogens with zero attached hydrogens (tertiary/aromatic N) is 2. The molecule has 0 saturated heterocycles. The number of aromatic nitrogens is 1. The lowest BCUT2D eigenvalue weighted by molar-refractivity contribution is -0.115. The molecule has 1 heterocycles. The topological polar surface area (TPSA) is 67.6 Å². The number of carbonyl (C=O) groups excluding carboxylic acids is 1. The van der Waals surface area contributed by atoms with Gasteiger partial charge in [-0.3, -0.25) is 4.79 Å². The first-order valence-electron chi connectivity index (χ1n) is 7.87. The Labute approximate surface area is 146 Å². The van der Waals surface area contributed by atoms with Crippen molar-refractivity contribution in [1.82, 2.24) is 5.16 Å². The molecule has 0 radical (unpaired) electrons. The van der Waals surface area contributed by atoms with Gasteiger partial charge in [-0.05, 0) is 43.3 Å². The summed E-state index contributed by atoms with van der Waals surface area (Å²) in [4.78, 5) is 13.9. The van der Waals surface area contributed by atoms with Crippen LogP contribution in [0.4, 0.5) is 11.5 Å². The monoisotopic (exact) mass is 337 g/mol. The number of hydrogen-bond acceptors (Lipinski definition) is 5. The Morgan fingerprint density at radius 2 is 1.80 bits per heavy atom. The van der Waals surface area contributed by atoms with E-state index in [4.69, 9.17) is 9.26 Å². The van der Waals surface area contributed by atoms with Gasteiger partial charge in [-0.1, -0.05) is 23.4 Å². The molecule has 0 atom stereocenters. The van der Waals surface area contributed by atoms with E-state index in [0.717, 1.165) is 17.2 Å². The van der Waals surface area contributed by atoms with Crippen LogP contribution < -0.4 is 15.0 Å². The van der Waals surface area contributed by atoms with E-state index in [9.17, 15) is 4.79 Å². The molecule has 0 fully saturated rings. The molecule has 1 N–H and O–H groups in total. The number of carbonyl (C=O) groups is 1. The summed E-state index contributed by atoms with van der Waals surface area (Å²) in [5, 5.41) is 6.44. The van der Waals surface area contributed by atoms with Crippen LogP contribution in [0, 0.1) is 6.92 Å². The van der Waals surface area contributed by atoms with Crippen LogP contribution in [0.15, 0.2) is 65.2 Å². The zero-order valence-electron chi connectivity index (χ0n) is 14.1. The average Bonchev–Trinajstić information content (AvgIpc) is 3.01. The summed E-state index contributed by atoms with van der Waals surface area (Å²) in [6, 6.07) is 18.8. The molecule has 1 aromatic heterocycles. The van der Waals surface area contributed by atoms with E-state index in [1.807, 2.05) is 66.5 Å². The van der Waals surface area contributed by atoms with Crippen molar-refractivity contribution >= 4 is 17.4 Å². The van der Waals surface area contributed by atoms with Gasteiger partial charge in [-0.15, -0.1) is 0 Å². The third kappa shape index (κ3) is 4.60. The van der Waals surface area contributed by atoms with Gasteiger partial charge in [-0.25, -0.2) is 0 Å². The van der Waals surface area contributed by atoms with Crippen molar-refractivity contribution in [2.45, 2.75) is 6.92 Å². The Balaban J connectivity index is 1.56. The molecule has 3 rings (SSSR count).